The molecule has 0 atom stereocenters. The Morgan fingerprint density at radius 2 is 1.61 bits per heavy atom. The smallest absolute Gasteiger partial charge is 0.193 e. The monoisotopic (exact) mass is 432 g/mol. The number of anilines is 1. The normalized spacial score (nSPS) is 11.0. The third kappa shape index (κ3) is 6.15. The van der Waals surface area contributed by atoms with Gasteiger partial charge in [-0.2, -0.15) is 0 Å². The third-order valence-corrected chi connectivity index (χ3v) is 5.25. The summed E-state index contributed by atoms with van der Waals surface area (Å²) in [6.07, 6.45) is 0. The molecule has 0 saturated carbocycles. The minimum atomic E-state index is -0.0128. The van der Waals surface area contributed by atoms with Crippen molar-refractivity contribution >= 4 is 28.8 Å². The van der Waals surface area contributed by atoms with E-state index in [2.05, 4.69) is 31.4 Å². The van der Waals surface area contributed by atoms with Crippen LogP contribution in [-0.2, 0) is 12.0 Å². The molecule has 3 aromatic carbocycles. The van der Waals surface area contributed by atoms with Crippen LogP contribution in [0.1, 0.15) is 47.8 Å². The van der Waals surface area contributed by atoms with E-state index < -0.39 is 0 Å². The van der Waals surface area contributed by atoms with Gasteiger partial charge in [-0.15, -0.1) is 0 Å². The molecule has 0 fully saturated rings. The van der Waals surface area contributed by atoms with Gasteiger partial charge in [0, 0.05) is 23.4 Å². The topological polar surface area (TPSA) is 50.4 Å². The molecule has 5 heteroatoms. The number of nitrogens with one attached hydrogen (secondary N) is 2. The van der Waals surface area contributed by atoms with Crippen molar-refractivity contribution in [3.63, 3.8) is 0 Å². The number of methoxy groups -OCH3 is 1. The zero-order chi connectivity index (χ0) is 22.4. The molecule has 0 aliphatic rings. The van der Waals surface area contributed by atoms with Gasteiger partial charge in [0.05, 0.1) is 7.11 Å². The quantitative estimate of drug-likeness (QED) is 0.386. The van der Waals surface area contributed by atoms with Crippen LogP contribution in [0.5, 0.6) is 5.75 Å². The van der Waals surface area contributed by atoms with Crippen molar-refractivity contribution in [1.82, 2.24) is 5.32 Å². The van der Waals surface area contributed by atoms with Crippen molar-refractivity contribution in [3.05, 3.63) is 95.1 Å². The highest BCUT2D eigenvalue weighted by Gasteiger charge is 2.15. The van der Waals surface area contributed by atoms with Crippen molar-refractivity contribution in [2.45, 2.75) is 32.7 Å². The molecule has 0 saturated heterocycles. The Hall–Kier alpha value is -3.18. The van der Waals surface area contributed by atoms with Gasteiger partial charge < -0.3 is 15.4 Å². The number of carbonyl (C=O) groups is 1. The molecule has 0 radical (unpaired) electrons. The lowest BCUT2D eigenvalue weighted by Crippen LogP contribution is -2.27. The standard InChI is InChI=1S/C26H28N2O2S/c1-26(2,3)21-12-10-19(11-13-21)24(29)20-6-5-7-22(16-20)28-25(31)27-17-18-8-14-23(30-4)15-9-18/h5-16H,17H2,1-4H3,(H2,27,28,31). The fourth-order valence-electron chi connectivity index (χ4n) is 3.13. The first-order valence-corrected chi connectivity index (χ1v) is 10.6. The van der Waals surface area contributed by atoms with Gasteiger partial charge in [-0.25, -0.2) is 0 Å². The molecule has 0 aliphatic carbocycles. The Bertz CT molecular complexity index is 1050. The molecule has 0 spiro atoms. The summed E-state index contributed by atoms with van der Waals surface area (Å²) in [6, 6.07) is 23.0. The maximum absolute atomic E-state index is 12.9. The Morgan fingerprint density at radius 1 is 0.935 bits per heavy atom. The molecule has 0 aliphatic heterocycles. The van der Waals surface area contributed by atoms with E-state index in [1.807, 2.05) is 72.8 Å². The lowest BCUT2D eigenvalue weighted by Gasteiger charge is -2.19. The summed E-state index contributed by atoms with van der Waals surface area (Å²) in [5.74, 6) is 0.806. The Kier molecular flexibility index (Phi) is 7.08. The number of hydrogen-bond acceptors (Lipinski definition) is 3. The number of thiocarbonyl (C=S) groups is 1. The second-order valence-corrected chi connectivity index (χ2v) is 8.80. The highest BCUT2D eigenvalue weighted by atomic mass is 32.1. The van der Waals surface area contributed by atoms with E-state index >= 15 is 0 Å². The molecular formula is C26H28N2O2S. The molecule has 0 aromatic heterocycles. The molecule has 3 rings (SSSR count). The van der Waals surface area contributed by atoms with Crippen molar-refractivity contribution in [3.8, 4) is 5.75 Å². The molecule has 160 valence electrons. The largest absolute Gasteiger partial charge is 0.497 e. The third-order valence-electron chi connectivity index (χ3n) is 5.01. The van der Waals surface area contributed by atoms with Crippen molar-refractivity contribution in [1.29, 1.82) is 0 Å². The number of carbonyl (C=O) groups excluding carboxylic acids is 1. The van der Waals surface area contributed by atoms with Crippen LogP contribution in [0.2, 0.25) is 0 Å². The molecule has 0 bridgehead atoms. The van der Waals surface area contributed by atoms with Crippen LogP contribution >= 0.6 is 12.2 Å². The molecule has 31 heavy (non-hydrogen) atoms. The maximum atomic E-state index is 12.9. The van der Waals surface area contributed by atoms with Crippen LogP contribution in [0.15, 0.2) is 72.8 Å². The minimum Gasteiger partial charge on any atom is -0.497 e. The van der Waals surface area contributed by atoms with E-state index in [0.717, 1.165) is 17.0 Å². The number of ketones is 1. The molecule has 0 heterocycles. The second kappa shape index (κ2) is 9.75. The van der Waals surface area contributed by atoms with Crippen LogP contribution < -0.4 is 15.4 Å². The number of rotatable bonds is 6. The first kappa shape index (κ1) is 22.5. The van der Waals surface area contributed by atoms with Crippen molar-refractivity contribution in [2.75, 3.05) is 12.4 Å². The summed E-state index contributed by atoms with van der Waals surface area (Å²) in [5.41, 5.74) is 4.40. The number of hydrogen-bond donors (Lipinski definition) is 2. The van der Waals surface area contributed by atoms with Crippen LogP contribution in [-0.4, -0.2) is 18.0 Å². The molecule has 0 amide bonds. The predicted octanol–water partition coefficient (Wildman–Crippen LogP) is 5.71. The van der Waals surface area contributed by atoms with E-state index in [9.17, 15) is 4.79 Å². The van der Waals surface area contributed by atoms with Gasteiger partial charge in [0.15, 0.2) is 10.9 Å². The first-order chi connectivity index (χ1) is 14.8. The summed E-state index contributed by atoms with van der Waals surface area (Å²) in [6.45, 7) is 7.06. The van der Waals surface area contributed by atoms with Gasteiger partial charge in [-0.3, -0.25) is 4.79 Å². The van der Waals surface area contributed by atoms with Crippen LogP contribution in [0.25, 0.3) is 0 Å². The average Bonchev–Trinajstić information content (AvgIpc) is 2.77. The highest BCUT2D eigenvalue weighted by Crippen LogP contribution is 2.23. The van der Waals surface area contributed by atoms with Gasteiger partial charge in [-0.05, 0) is 53.0 Å². The van der Waals surface area contributed by atoms with Crippen LogP contribution in [0.3, 0.4) is 0 Å². The Balaban J connectivity index is 1.62. The summed E-state index contributed by atoms with van der Waals surface area (Å²) in [4.78, 5) is 12.9. The Labute approximate surface area is 189 Å². The average molecular weight is 433 g/mol. The SMILES string of the molecule is COc1ccc(CNC(=S)Nc2cccc(C(=O)c3ccc(C(C)(C)C)cc3)c2)cc1. The van der Waals surface area contributed by atoms with Crippen LogP contribution in [0.4, 0.5) is 5.69 Å². The Morgan fingerprint density at radius 3 is 2.23 bits per heavy atom. The lowest BCUT2D eigenvalue weighted by atomic mass is 9.86. The number of ether oxygens (including phenoxy) is 1. The van der Waals surface area contributed by atoms with Gasteiger partial charge >= 0.3 is 0 Å². The fraction of sp³-hybridized carbons (Fsp3) is 0.231. The van der Waals surface area contributed by atoms with Crippen molar-refractivity contribution in [2.24, 2.45) is 0 Å². The number of benzene rings is 3. The summed E-state index contributed by atoms with van der Waals surface area (Å²) >= 11 is 5.40. The van der Waals surface area contributed by atoms with Gasteiger partial charge in [-0.1, -0.05) is 69.3 Å². The lowest BCUT2D eigenvalue weighted by molar-refractivity contribution is 0.103. The van der Waals surface area contributed by atoms with E-state index in [4.69, 9.17) is 17.0 Å². The summed E-state index contributed by atoms with van der Waals surface area (Å²) in [5, 5.41) is 6.83. The zero-order valence-electron chi connectivity index (χ0n) is 18.4. The van der Waals surface area contributed by atoms with E-state index in [1.165, 1.54) is 5.56 Å². The highest BCUT2D eigenvalue weighted by molar-refractivity contribution is 7.80. The molecular weight excluding hydrogens is 404 g/mol. The molecule has 2 N–H and O–H groups in total. The van der Waals surface area contributed by atoms with Crippen LogP contribution in [0, 0.1) is 0 Å². The van der Waals surface area contributed by atoms with Crippen molar-refractivity contribution < 1.29 is 9.53 Å². The molecule has 4 nitrogen and oxygen atoms in total. The zero-order valence-corrected chi connectivity index (χ0v) is 19.2. The predicted molar refractivity (Wildman–Crippen MR) is 131 cm³/mol. The minimum absolute atomic E-state index is 0.0128. The van der Waals surface area contributed by atoms with Gasteiger partial charge in [0.1, 0.15) is 5.75 Å². The van der Waals surface area contributed by atoms with E-state index in [0.29, 0.717) is 22.8 Å². The molecule has 0 unspecified atom stereocenters. The summed E-state index contributed by atoms with van der Waals surface area (Å²) in [7, 11) is 1.64. The first-order valence-electron chi connectivity index (χ1n) is 10.2. The second-order valence-electron chi connectivity index (χ2n) is 8.39. The van der Waals surface area contributed by atoms with E-state index in [1.54, 1.807) is 7.11 Å². The molecule has 3 aromatic rings. The summed E-state index contributed by atoms with van der Waals surface area (Å²) < 4.78 is 5.17. The van der Waals surface area contributed by atoms with Gasteiger partial charge in [0.25, 0.3) is 0 Å². The fourth-order valence-corrected chi connectivity index (χ4v) is 3.32. The van der Waals surface area contributed by atoms with E-state index in [-0.39, 0.29) is 11.2 Å². The maximum Gasteiger partial charge on any atom is 0.193 e. The van der Waals surface area contributed by atoms with Gasteiger partial charge in [0.2, 0.25) is 0 Å².